The van der Waals surface area contributed by atoms with Gasteiger partial charge in [0.05, 0.1) is 11.1 Å². The van der Waals surface area contributed by atoms with Crippen LogP contribution in [0.2, 0.25) is 0 Å². The zero-order valence-corrected chi connectivity index (χ0v) is 31.1. The van der Waals surface area contributed by atoms with E-state index in [1.54, 1.807) is 0 Å². The molecule has 2 fully saturated rings. The van der Waals surface area contributed by atoms with Crippen LogP contribution in [0.15, 0.2) is 91.0 Å². The van der Waals surface area contributed by atoms with E-state index in [0.29, 0.717) is 36.8 Å². The van der Waals surface area contributed by atoms with Gasteiger partial charge < -0.3 is 19.1 Å². The monoisotopic (exact) mass is 700 g/mol. The standard InChI is InChI=1S/C44H52N4O4/c1-44(2,3)52-43(49)48-25-23-36(24-26-48)35-18-15-31(16-19-35)27-34-17-20-37-39(28-34)47(4)46-41(37)38-21-22-40(50-29-32-11-7-5-8-12-32)45-42(38)51-30-33-13-9-6-10-14-33/h5-14,17,20-22,28,31,35-36H,15-16,18-19,23-27,29-30H2,1-4H3. The van der Waals surface area contributed by atoms with Crippen molar-refractivity contribution in [3.05, 3.63) is 108 Å². The third-order valence-corrected chi connectivity index (χ3v) is 10.7. The summed E-state index contributed by atoms with van der Waals surface area (Å²) >= 11 is 0. The average Bonchev–Trinajstić information content (AvgIpc) is 3.48. The molecule has 8 heteroatoms. The molecule has 0 unspecified atom stereocenters. The Morgan fingerprint density at radius 3 is 2.04 bits per heavy atom. The summed E-state index contributed by atoms with van der Waals surface area (Å²) in [5.41, 5.74) is 5.87. The lowest BCUT2D eigenvalue weighted by molar-refractivity contribution is 0.0143. The molecule has 1 amide bonds. The van der Waals surface area contributed by atoms with Gasteiger partial charge in [-0.05, 0) is 112 Å². The van der Waals surface area contributed by atoms with Gasteiger partial charge in [0.15, 0.2) is 0 Å². The SMILES string of the molecule is Cn1nc(-c2ccc(OCc3ccccc3)nc2OCc2ccccc2)c2ccc(CC3CCC(C4CCN(C(=O)OC(C)(C)C)CC4)CC3)cc21. The highest BCUT2D eigenvalue weighted by Crippen LogP contribution is 2.40. The Labute approximate surface area is 308 Å². The molecule has 0 radical (unpaired) electrons. The number of aromatic nitrogens is 3. The fraction of sp³-hybridized carbons (Fsp3) is 0.432. The lowest BCUT2D eigenvalue weighted by atomic mass is 9.71. The molecule has 8 nitrogen and oxygen atoms in total. The Morgan fingerprint density at radius 2 is 1.38 bits per heavy atom. The molecule has 5 aromatic rings. The van der Waals surface area contributed by atoms with Crippen molar-refractivity contribution in [1.29, 1.82) is 0 Å². The maximum atomic E-state index is 12.5. The number of likely N-dealkylation sites (tertiary alicyclic amines) is 1. The molecule has 2 aromatic heterocycles. The number of amides is 1. The van der Waals surface area contributed by atoms with Gasteiger partial charge in [0.25, 0.3) is 0 Å². The minimum atomic E-state index is -0.445. The van der Waals surface area contributed by atoms with E-state index in [2.05, 4.69) is 30.3 Å². The molecule has 7 rings (SSSR count). The van der Waals surface area contributed by atoms with E-state index in [1.165, 1.54) is 31.2 Å². The summed E-state index contributed by atoms with van der Waals surface area (Å²) in [6.45, 7) is 8.25. The van der Waals surface area contributed by atoms with Crippen LogP contribution < -0.4 is 9.47 Å². The number of aryl methyl sites for hydroxylation is 1. The summed E-state index contributed by atoms with van der Waals surface area (Å²) in [6.07, 6.45) is 8.19. The van der Waals surface area contributed by atoms with Crippen LogP contribution in [0.1, 0.15) is 76.0 Å². The number of hydrogen-bond acceptors (Lipinski definition) is 6. The smallest absolute Gasteiger partial charge is 0.410 e. The lowest BCUT2D eigenvalue weighted by Crippen LogP contribution is -2.43. The lowest BCUT2D eigenvalue weighted by Gasteiger charge is -2.39. The molecule has 2 aliphatic rings. The number of carbonyl (C=O) groups is 1. The number of ether oxygens (including phenoxy) is 3. The molecular formula is C44H52N4O4. The Bertz CT molecular complexity index is 1940. The summed E-state index contributed by atoms with van der Waals surface area (Å²) in [5.74, 6) is 3.18. The summed E-state index contributed by atoms with van der Waals surface area (Å²) < 4.78 is 20.1. The summed E-state index contributed by atoms with van der Waals surface area (Å²) in [6, 6.07) is 31.0. The van der Waals surface area contributed by atoms with Gasteiger partial charge in [0.2, 0.25) is 11.8 Å². The van der Waals surface area contributed by atoms with Crippen LogP contribution >= 0.6 is 0 Å². The topological polar surface area (TPSA) is 78.7 Å². The molecule has 0 N–H and O–H groups in total. The molecule has 52 heavy (non-hydrogen) atoms. The number of fused-ring (bicyclic) bond motifs is 1. The number of rotatable bonds is 10. The second-order valence-electron chi connectivity index (χ2n) is 15.7. The summed E-state index contributed by atoms with van der Waals surface area (Å²) in [4.78, 5) is 19.3. The Balaban J connectivity index is 1.01. The molecule has 3 heterocycles. The van der Waals surface area contributed by atoms with Crippen LogP contribution in [-0.4, -0.2) is 44.4 Å². The van der Waals surface area contributed by atoms with Crippen molar-refractivity contribution in [1.82, 2.24) is 19.7 Å². The normalized spacial score (nSPS) is 18.3. The van der Waals surface area contributed by atoms with Crippen LogP contribution in [0, 0.1) is 17.8 Å². The van der Waals surface area contributed by atoms with Crippen LogP contribution in [0.3, 0.4) is 0 Å². The zero-order chi connectivity index (χ0) is 36.1. The van der Waals surface area contributed by atoms with E-state index in [0.717, 1.165) is 71.6 Å². The molecular weight excluding hydrogens is 649 g/mol. The van der Waals surface area contributed by atoms with Crippen molar-refractivity contribution in [3.8, 4) is 23.0 Å². The van der Waals surface area contributed by atoms with Crippen LogP contribution in [0.25, 0.3) is 22.2 Å². The first-order chi connectivity index (χ1) is 25.2. The van der Waals surface area contributed by atoms with Gasteiger partial charge in [-0.1, -0.05) is 72.8 Å². The average molecular weight is 701 g/mol. The van der Waals surface area contributed by atoms with Crippen LogP contribution in [0.5, 0.6) is 11.8 Å². The van der Waals surface area contributed by atoms with E-state index in [-0.39, 0.29) is 6.09 Å². The number of piperidine rings is 1. The molecule has 0 bridgehead atoms. The van der Waals surface area contributed by atoms with Crippen molar-refractivity contribution in [2.75, 3.05) is 13.1 Å². The molecule has 1 aliphatic heterocycles. The number of hydrogen-bond donors (Lipinski definition) is 0. The minimum Gasteiger partial charge on any atom is -0.473 e. The Morgan fingerprint density at radius 1 is 0.750 bits per heavy atom. The molecule has 0 spiro atoms. The molecule has 1 saturated heterocycles. The van der Waals surface area contributed by atoms with Gasteiger partial charge in [-0.3, -0.25) is 4.68 Å². The van der Waals surface area contributed by atoms with Crippen LogP contribution in [0.4, 0.5) is 4.79 Å². The van der Waals surface area contributed by atoms with Gasteiger partial charge in [0.1, 0.15) is 24.5 Å². The number of nitrogens with zero attached hydrogens (tertiary/aromatic N) is 4. The van der Waals surface area contributed by atoms with E-state index in [1.807, 2.05) is 98.1 Å². The molecule has 1 saturated carbocycles. The van der Waals surface area contributed by atoms with E-state index in [9.17, 15) is 4.79 Å². The quantitative estimate of drug-likeness (QED) is 0.144. The highest BCUT2D eigenvalue weighted by molar-refractivity contribution is 5.94. The first kappa shape index (κ1) is 35.5. The maximum absolute atomic E-state index is 12.5. The Kier molecular flexibility index (Phi) is 10.8. The molecule has 1 aliphatic carbocycles. The highest BCUT2D eigenvalue weighted by atomic mass is 16.6. The fourth-order valence-electron chi connectivity index (χ4n) is 7.96. The fourth-order valence-corrected chi connectivity index (χ4v) is 7.96. The molecule has 272 valence electrons. The zero-order valence-electron chi connectivity index (χ0n) is 31.1. The van der Waals surface area contributed by atoms with Gasteiger partial charge in [-0.2, -0.15) is 10.1 Å². The second-order valence-corrected chi connectivity index (χ2v) is 15.7. The first-order valence-corrected chi connectivity index (χ1v) is 19.0. The second kappa shape index (κ2) is 15.8. The van der Waals surface area contributed by atoms with Crippen molar-refractivity contribution >= 4 is 17.0 Å². The number of benzene rings is 3. The molecule has 0 atom stereocenters. The first-order valence-electron chi connectivity index (χ1n) is 19.0. The van der Waals surface area contributed by atoms with E-state index in [4.69, 9.17) is 24.3 Å². The van der Waals surface area contributed by atoms with Gasteiger partial charge in [-0.15, -0.1) is 0 Å². The van der Waals surface area contributed by atoms with Crippen molar-refractivity contribution < 1.29 is 19.0 Å². The predicted molar refractivity (Wildman–Crippen MR) is 205 cm³/mol. The van der Waals surface area contributed by atoms with Crippen molar-refractivity contribution in [2.24, 2.45) is 24.8 Å². The largest absolute Gasteiger partial charge is 0.473 e. The van der Waals surface area contributed by atoms with Crippen molar-refractivity contribution in [2.45, 2.75) is 84.5 Å². The van der Waals surface area contributed by atoms with E-state index < -0.39 is 5.60 Å². The summed E-state index contributed by atoms with van der Waals surface area (Å²) in [7, 11) is 2.02. The van der Waals surface area contributed by atoms with Crippen molar-refractivity contribution in [3.63, 3.8) is 0 Å². The van der Waals surface area contributed by atoms with E-state index >= 15 is 0 Å². The number of pyridine rings is 1. The third-order valence-electron chi connectivity index (χ3n) is 10.7. The molecule has 3 aromatic carbocycles. The predicted octanol–water partition coefficient (Wildman–Crippen LogP) is 9.79. The van der Waals surface area contributed by atoms with Gasteiger partial charge in [0, 0.05) is 31.6 Å². The van der Waals surface area contributed by atoms with Crippen LogP contribution in [-0.2, 0) is 31.4 Å². The highest BCUT2D eigenvalue weighted by Gasteiger charge is 2.33. The van der Waals surface area contributed by atoms with Gasteiger partial charge >= 0.3 is 6.09 Å². The minimum absolute atomic E-state index is 0.164. The van der Waals surface area contributed by atoms with Gasteiger partial charge in [-0.25, -0.2) is 4.79 Å². The Hall–Kier alpha value is -4.85. The maximum Gasteiger partial charge on any atom is 0.410 e. The number of carbonyl (C=O) groups excluding carboxylic acids is 1. The summed E-state index contributed by atoms with van der Waals surface area (Å²) in [5, 5.41) is 6.09. The third kappa shape index (κ3) is 8.77.